The predicted octanol–water partition coefficient (Wildman–Crippen LogP) is 4.97. The van der Waals surface area contributed by atoms with Gasteiger partial charge in [0.15, 0.2) is 0 Å². The van der Waals surface area contributed by atoms with Crippen molar-refractivity contribution in [3.8, 4) is 28.2 Å². The monoisotopic (exact) mass is 493 g/mol. The lowest BCUT2D eigenvalue weighted by molar-refractivity contribution is 0.430. The van der Waals surface area contributed by atoms with Gasteiger partial charge in [0.1, 0.15) is 16.4 Å². The summed E-state index contributed by atoms with van der Waals surface area (Å²) in [5, 5.41) is 16.2. The molecule has 3 N–H and O–H groups in total. The van der Waals surface area contributed by atoms with Gasteiger partial charge in [-0.2, -0.15) is 0 Å². The Morgan fingerprint density at radius 3 is 2.21 bits per heavy atom. The van der Waals surface area contributed by atoms with Crippen molar-refractivity contribution >= 4 is 21.8 Å². The van der Waals surface area contributed by atoms with Crippen LogP contribution in [0.3, 0.4) is 0 Å². The van der Waals surface area contributed by atoms with Crippen LogP contribution in [0.15, 0.2) is 97.9 Å². The van der Waals surface area contributed by atoms with Crippen LogP contribution in [0.1, 0.15) is 11.1 Å². The molecule has 174 valence electrons. The van der Waals surface area contributed by atoms with Crippen molar-refractivity contribution in [2.24, 2.45) is 5.14 Å². The highest BCUT2D eigenvalue weighted by atomic mass is 32.2. The van der Waals surface area contributed by atoms with E-state index in [2.05, 4.69) is 0 Å². The highest BCUT2D eigenvalue weighted by molar-refractivity contribution is 7.99. The Labute approximate surface area is 202 Å². The minimum absolute atomic E-state index is 0.0664. The van der Waals surface area contributed by atoms with E-state index in [4.69, 9.17) is 9.56 Å². The van der Waals surface area contributed by atoms with Crippen molar-refractivity contribution in [3.63, 3.8) is 0 Å². The number of rotatable bonds is 7. The van der Waals surface area contributed by atoms with E-state index >= 15 is 0 Å². The van der Waals surface area contributed by atoms with Crippen LogP contribution < -0.4 is 10.8 Å². The van der Waals surface area contributed by atoms with Crippen LogP contribution in [0.4, 0.5) is 0 Å². The maximum Gasteiger partial charge on any atom is 0.353 e. The molecule has 0 radical (unpaired) electrons. The first-order valence-electron chi connectivity index (χ1n) is 10.5. The molecule has 0 aliphatic carbocycles. The number of benzene rings is 3. The largest absolute Gasteiger partial charge is 0.506 e. The Balaban J connectivity index is 1.78. The molecule has 4 rings (SSSR count). The molecule has 0 fully saturated rings. The summed E-state index contributed by atoms with van der Waals surface area (Å²) < 4.78 is 30.4. The predicted molar refractivity (Wildman–Crippen MR) is 134 cm³/mol. The Kier molecular flexibility index (Phi) is 6.92. The Hall–Kier alpha value is -3.33. The Bertz CT molecular complexity index is 1480. The van der Waals surface area contributed by atoms with Crippen molar-refractivity contribution in [3.05, 3.63) is 100 Å². The van der Waals surface area contributed by atoms with Gasteiger partial charge < -0.3 is 9.52 Å². The third-order valence-corrected chi connectivity index (χ3v) is 7.39. The molecular formula is C26H23NO5S2. The number of aromatic hydroxyl groups is 1. The number of thioether (sulfide) groups is 1. The second kappa shape index (κ2) is 9.89. The van der Waals surface area contributed by atoms with Crippen molar-refractivity contribution in [1.29, 1.82) is 0 Å². The first-order valence-corrected chi connectivity index (χ1v) is 13.0. The lowest BCUT2D eigenvalue weighted by Gasteiger charge is -2.16. The molecule has 0 amide bonds. The molecule has 1 aromatic heterocycles. The molecule has 0 saturated heterocycles. The summed E-state index contributed by atoms with van der Waals surface area (Å²) in [4.78, 5) is 12.8. The van der Waals surface area contributed by atoms with E-state index in [-0.39, 0.29) is 21.3 Å². The highest BCUT2D eigenvalue weighted by Crippen LogP contribution is 2.40. The van der Waals surface area contributed by atoms with Crippen LogP contribution in [-0.2, 0) is 16.4 Å². The van der Waals surface area contributed by atoms with E-state index in [9.17, 15) is 18.3 Å². The number of sulfonamides is 1. The average molecular weight is 494 g/mol. The van der Waals surface area contributed by atoms with E-state index in [0.717, 1.165) is 12.0 Å². The van der Waals surface area contributed by atoms with E-state index in [1.807, 2.05) is 36.4 Å². The quantitative estimate of drug-likeness (QED) is 0.352. The molecule has 34 heavy (non-hydrogen) atoms. The molecule has 1 heterocycles. The van der Waals surface area contributed by atoms with Gasteiger partial charge in [0, 0.05) is 22.9 Å². The smallest absolute Gasteiger partial charge is 0.353 e. The molecule has 0 bridgehead atoms. The number of hydrogen-bond donors (Lipinski definition) is 2. The van der Waals surface area contributed by atoms with Crippen molar-refractivity contribution < 1.29 is 17.9 Å². The topological polar surface area (TPSA) is 111 Å². The van der Waals surface area contributed by atoms with Gasteiger partial charge in [-0.25, -0.2) is 18.4 Å². The number of primary sulfonamides is 1. The molecular weight excluding hydrogens is 470 g/mol. The van der Waals surface area contributed by atoms with Gasteiger partial charge in [-0.3, -0.25) is 0 Å². The number of hydrogen-bond acceptors (Lipinski definition) is 6. The third kappa shape index (κ3) is 5.09. The van der Waals surface area contributed by atoms with Crippen LogP contribution >= 0.6 is 11.8 Å². The molecule has 0 unspecified atom stereocenters. The molecule has 0 spiro atoms. The van der Waals surface area contributed by atoms with E-state index in [0.29, 0.717) is 28.0 Å². The van der Waals surface area contributed by atoms with Crippen molar-refractivity contribution in [2.75, 3.05) is 5.75 Å². The SMILES string of the molecule is Cc1ccc(S(N)(=O)=O)c(-c2ccccc2)c1-c1cc(O)c(SCCc2ccccc2)c(=O)o1. The van der Waals surface area contributed by atoms with Crippen LogP contribution in [0.2, 0.25) is 0 Å². The molecule has 0 saturated carbocycles. The van der Waals surface area contributed by atoms with Crippen molar-refractivity contribution in [1.82, 2.24) is 0 Å². The average Bonchev–Trinajstić information content (AvgIpc) is 2.81. The number of aryl methyl sites for hydroxylation is 2. The fourth-order valence-corrected chi connectivity index (χ4v) is 5.45. The normalized spacial score (nSPS) is 11.5. The summed E-state index contributed by atoms with van der Waals surface area (Å²) in [7, 11) is -4.08. The highest BCUT2D eigenvalue weighted by Gasteiger charge is 2.24. The molecule has 6 nitrogen and oxygen atoms in total. The summed E-state index contributed by atoms with van der Waals surface area (Å²) >= 11 is 1.21. The molecule has 0 atom stereocenters. The van der Waals surface area contributed by atoms with Crippen LogP contribution in [-0.4, -0.2) is 19.3 Å². The van der Waals surface area contributed by atoms with Crippen LogP contribution in [0.25, 0.3) is 22.5 Å². The van der Waals surface area contributed by atoms with Gasteiger partial charge in [0.05, 0.1) is 4.90 Å². The van der Waals surface area contributed by atoms with Gasteiger partial charge in [0.25, 0.3) is 0 Å². The van der Waals surface area contributed by atoms with Gasteiger partial charge in [-0.05, 0) is 36.1 Å². The lowest BCUT2D eigenvalue weighted by atomic mass is 9.94. The molecule has 3 aromatic carbocycles. The maximum atomic E-state index is 12.8. The zero-order chi connectivity index (χ0) is 24.3. The zero-order valence-corrected chi connectivity index (χ0v) is 20.0. The van der Waals surface area contributed by atoms with Gasteiger partial charge in [-0.15, -0.1) is 11.8 Å². The fraction of sp³-hybridized carbons (Fsp3) is 0.115. The minimum atomic E-state index is -4.08. The van der Waals surface area contributed by atoms with Crippen LogP contribution in [0, 0.1) is 6.92 Å². The van der Waals surface area contributed by atoms with Gasteiger partial charge in [0.2, 0.25) is 10.0 Å². The second-order valence-electron chi connectivity index (χ2n) is 7.74. The Morgan fingerprint density at radius 1 is 0.941 bits per heavy atom. The molecule has 0 aliphatic rings. The van der Waals surface area contributed by atoms with E-state index in [1.165, 1.54) is 23.9 Å². The summed E-state index contributed by atoms with van der Waals surface area (Å²) in [6.07, 6.45) is 0.722. The standard InChI is InChI=1S/C26H23NO5S2/c1-17-12-13-22(34(27,30)31)24(19-10-6-3-7-11-19)23(17)21-16-20(28)25(26(29)32-21)33-15-14-18-8-4-2-5-9-18/h2-13,16,28H,14-15H2,1H3,(H2,27,30,31). The molecule has 8 heteroatoms. The minimum Gasteiger partial charge on any atom is -0.506 e. The summed E-state index contributed by atoms with van der Waals surface area (Å²) in [5.74, 6) is 0.428. The first-order chi connectivity index (χ1) is 16.3. The van der Waals surface area contributed by atoms with Gasteiger partial charge >= 0.3 is 5.63 Å². The molecule has 0 aliphatic heterocycles. The van der Waals surface area contributed by atoms with Gasteiger partial charge in [-0.1, -0.05) is 66.7 Å². The second-order valence-corrected chi connectivity index (χ2v) is 10.4. The van der Waals surface area contributed by atoms with Crippen LogP contribution in [0.5, 0.6) is 5.75 Å². The number of nitrogens with two attached hydrogens (primary N) is 1. The first kappa shape index (κ1) is 23.8. The van der Waals surface area contributed by atoms with E-state index < -0.39 is 15.6 Å². The molecule has 4 aromatic rings. The van der Waals surface area contributed by atoms with Crippen molar-refractivity contribution in [2.45, 2.75) is 23.1 Å². The summed E-state index contributed by atoms with van der Waals surface area (Å²) in [6, 6.07) is 23.1. The summed E-state index contributed by atoms with van der Waals surface area (Å²) in [5.41, 5.74) is 2.39. The third-order valence-electron chi connectivity index (χ3n) is 5.36. The maximum absolute atomic E-state index is 12.8. The zero-order valence-electron chi connectivity index (χ0n) is 18.4. The summed E-state index contributed by atoms with van der Waals surface area (Å²) in [6.45, 7) is 1.77. The Morgan fingerprint density at radius 2 is 1.59 bits per heavy atom. The lowest BCUT2D eigenvalue weighted by Crippen LogP contribution is -2.14. The fourth-order valence-electron chi connectivity index (χ4n) is 3.78. The van der Waals surface area contributed by atoms with E-state index in [1.54, 1.807) is 37.3 Å².